The van der Waals surface area contributed by atoms with Crippen LogP contribution in [0.3, 0.4) is 0 Å². The Morgan fingerprint density at radius 2 is 2.30 bits per heavy atom. The van der Waals surface area contributed by atoms with Crippen molar-refractivity contribution in [3.63, 3.8) is 0 Å². The smallest absolute Gasteiger partial charge is 0.182 e. The number of aliphatic hydroxyl groups excluding tert-OH is 2. The van der Waals surface area contributed by atoms with Gasteiger partial charge < -0.3 is 10.2 Å². The molecule has 0 atom stereocenters. The van der Waals surface area contributed by atoms with Gasteiger partial charge in [0.15, 0.2) is 6.19 Å². The average Bonchev–Trinajstić information content (AvgIpc) is 1.90. The van der Waals surface area contributed by atoms with Gasteiger partial charge in [-0.1, -0.05) is 0 Å². The Balaban J connectivity index is 3.75. The maximum absolute atomic E-state index is 8.38. The van der Waals surface area contributed by atoms with Crippen molar-refractivity contribution >= 4 is 5.84 Å². The van der Waals surface area contributed by atoms with E-state index in [-0.39, 0.29) is 19.8 Å². The zero-order chi connectivity index (χ0) is 7.82. The van der Waals surface area contributed by atoms with E-state index in [1.807, 2.05) is 0 Å². The van der Waals surface area contributed by atoms with E-state index in [1.54, 1.807) is 6.19 Å². The number of aliphatic imine (C=N–C) groups is 1. The molecular formula is C5H9N3O2. The van der Waals surface area contributed by atoms with Gasteiger partial charge in [0, 0.05) is 6.42 Å². The van der Waals surface area contributed by atoms with Crippen LogP contribution in [0.1, 0.15) is 6.42 Å². The number of nitrogens with zero attached hydrogens (tertiary/aromatic N) is 2. The molecule has 0 bridgehead atoms. The van der Waals surface area contributed by atoms with Crippen molar-refractivity contribution < 1.29 is 10.2 Å². The lowest BCUT2D eigenvalue weighted by atomic mass is 10.4. The van der Waals surface area contributed by atoms with Crippen LogP contribution in [0, 0.1) is 11.5 Å². The topological polar surface area (TPSA) is 88.6 Å². The van der Waals surface area contributed by atoms with E-state index < -0.39 is 0 Å². The second-order valence-electron chi connectivity index (χ2n) is 1.46. The monoisotopic (exact) mass is 143 g/mol. The summed E-state index contributed by atoms with van der Waals surface area (Å²) in [6.07, 6.45) is 1.89. The van der Waals surface area contributed by atoms with Crippen molar-refractivity contribution in [1.29, 1.82) is 5.26 Å². The Morgan fingerprint density at radius 3 is 2.70 bits per heavy atom. The second kappa shape index (κ2) is 6.01. The maximum atomic E-state index is 8.38. The summed E-state index contributed by atoms with van der Waals surface area (Å²) >= 11 is 0. The van der Waals surface area contributed by atoms with Gasteiger partial charge in [-0.25, -0.2) is 4.99 Å². The summed E-state index contributed by atoms with van der Waals surface area (Å²) in [5.41, 5.74) is 0. The molecule has 0 radical (unpaired) electrons. The third-order valence-electron chi connectivity index (χ3n) is 0.810. The van der Waals surface area contributed by atoms with E-state index in [2.05, 4.69) is 10.3 Å². The first-order chi connectivity index (χ1) is 4.85. The molecule has 0 aliphatic carbocycles. The van der Waals surface area contributed by atoms with Crippen LogP contribution < -0.4 is 5.32 Å². The molecule has 56 valence electrons. The first-order valence-corrected chi connectivity index (χ1v) is 2.75. The molecule has 0 saturated heterocycles. The van der Waals surface area contributed by atoms with E-state index in [1.165, 1.54) is 0 Å². The first-order valence-electron chi connectivity index (χ1n) is 2.75. The molecule has 0 heterocycles. The summed E-state index contributed by atoms with van der Waals surface area (Å²) in [6.45, 7) is -0.461. The minimum Gasteiger partial charge on any atom is -0.396 e. The summed E-state index contributed by atoms with van der Waals surface area (Å²) in [5.74, 6) is 0.299. The van der Waals surface area contributed by atoms with Gasteiger partial charge in [-0.15, -0.1) is 0 Å². The molecule has 10 heavy (non-hydrogen) atoms. The number of hydrogen-bond acceptors (Lipinski definition) is 4. The van der Waals surface area contributed by atoms with Gasteiger partial charge in [-0.05, 0) is 0 Å². The van der Waals surface area contributed by atoms with Crippen LogP contribution in [0.15, 0.2) is 4.99 Å². The Labute approximate surface area is 58.6 Å². The number of nitriles is 1. The second-order valence-corrected chi connectivity index (χ2v) is 1.46. The third-order valence-corrected chi connectivity index (χ3v) is 0.810. The molecule has 0 aromatic rings. The van der Waals surface area contributed by atoms with Crippen molar-refractivity contribution in [3.05, 3.63) is 0 Å². The molecular weight excluding hydrogens is 134 g/mol. The molecule has 3 N–H and O–H groups in total. The van der Waals surface area contributed by atoms with Crippen molar-refractivity contribution in [2.24, 2.45) is 4.99 Å². The zero-order valence-electron chi connectivity index (χ0n) is 5.41. The summed E-state index contributed by atoms with van der Waals surface area (Å²) in [5, 5.41) is 27.0. The minimum atomic E-state index is -0.371. The summed E-state index contributed by atoms with van der Waals surface area (Å²) < 4.78 is 0. The summed E-state index contributed by atoms with van der Waals surface area (Å²) in [4.78, 5) is 3.48. The summed E-state index contributed by atoms with van der Waals surface area (Å²) in [7, 11) is 0. The van der Waals surface area contributed by atoms with Crippen molar-refractivity contribution in [2.45, 2.75) is 6.42 Å². The fraction of sp³-hybridized carbons (Fsp3) is 0.600. The van der Waals surface area contributed by atoms with Gasteiger partial charge >= 0.3 is 0 Å². The highest BCUT2D eigenvalue weighted by Gasteiger charge is 1.93. The molecule has 0 unspecified atom stereocenters. The zero-order valence-corrected chi connectivity index (χ0v) is 5.41. The predicted molar refractivity (Wildman–Crippen MR) is 35.0 cm³/mol. The Kier molecular flexibility index (Phi) is 5.33. The lowest BCUT2D eigenvalue weighted by Crippen LogP contribution is -2.19. The highest BCUT2D eigenvalue weighted by molar-refractivity contribution is 5.83. The van der Waals surface area contributed by atoms with Crippen LogP contribution in [0.4, 0.5) is 0 Å². The highest BCUT2D eigenvalue weighted by Crippen LogP contribution is 1.80. The van der Waals surface area contributed by atoms with Crippen LogP contribution in [0.25, 0.3) is 0 Å². The van der Waals surface area contributed by atoms with E-state index in [0.717, 1.165) is 0 Å². The Morgan fingerprint density at radius 1 is 1.60 bits per heavy atom. The molecule has 0 aliphatic heterocycles. The Hall–Kier alpha value is -1.12. The van der Waals surface area contributed by atoms with E-state index in [9.17, 15) is 0 Å². The first kappa shape index (κ1) is 8.88. The molecule has 0 aromatic carbocycles. The highest BCUT2D eigenvalue weighted by atomic mass is 16.3. The summed E-state index contributed by atoms with van der Waals surface area (Å²) in [6, 6.07) is 0. The van der Waals surface area contributed by atoms with Crippen LogP contribution in [-0.4, -0.2) is 29.4 Å². The Bertz CT molecular complexity index is 149. The van der Waals surface area contributed by atoms with Gasteiger partial charge in [0.1, 0.15) is 12.6 Å². The molecule has 0 saturated carbocycles. The van der Waals surface area contributed by atoms with Crippen molar-refractivity contribution in [2.75, 3.05) is 13.3 Å². The average molecular weight is 143 g/mol. The quantitative estimate of drug-likeness (QED) is 0.200. The number of rotatable bonds is 3. The van der Waals surface area contributed by atoms with Gasteiger partial charge in [-0.2, -0.15) is 5.26 Å². The maximum Gasteiger partial charge on any atom is 0.182 e. The number of amidine groups is 1. The molecule has 0 aliphatic rings. The SMILES string of the molecule is N#CNC(CCO)=NCO. The third kappa shape index (κ3) is 3.83. The molecule has 0 spiro atoms. The fourth-order valence-electron chi connectivity index (χ4n) is 0.437. The van der Waals surface area contributed by atoms with Crippen molar-refractivity contribution in [1.82, 2.24) is 5.32 Å². The minimum absolute atomic E-state index is 0.0898. The van der Waals surface area contributed by atoms with E-state index >= 15 is 0 Å². The lowest BCUT2D eigenvalue weighted by Gasteiger charge is -1.97. The van der Waals surface area contributed by atoms with Gasteiger partial charge in [0.25, 0.3) is 0 Å². The predicted octanol–water partition coefficient (Wildman–Crippen LogP) is -1.21. The van der Waals surface area contributed by atoms with Gasteiger partial charge in [-0.3, -0.25) is 5.32 Å². The molecule has 0 aromatic heterocycles. The van der Waals surface area contributed by atoms with E-state index in [4.69, 9.17) is 15.5 Å². The number of nitrogens with one attached hydrogen (secondary N) is 1. The molecule has 0 fully saturated rings. The van der Waals surface area contributed by atoms with Gasteiger partial charge in [0.05, 0.1) is 6.61 Å². The van der Waals surface area contributed by atoms with Crippen LogP contribution >= 0.6 is 0 Å². The lowest BCUT2D eigenvalue weighted by molar-refractivity contribution is 0.299. The molecule has 5 nitrogen and oxygen atoms in total. The molecule has 5 heteroatoms. The van der Waals surface area contributed by atoms with Crippen LogP contribution in [-0.2, 0) is 0 Å². The molecule has 0 rings (SSSR count). The number of aliphatic hydroxyl groups is 2. The molecule has 0 amide bonds. The van der Waals surface area contributed by atoms with E-state index in [0.29, 0.717) is 5.84 Å². The van der Waals surface area contributed by atoms with Crippen LogP contribution in [0.2, 0.25) is 0 Å². The largest absolute Gasteiger partial charge is 0.396 e. The standard InChI is InChI=1S/C5H9N3O2/c6-3-7-5(1-2-9)8-4-10/h9-10H,1-2,4H2,(H,7,8). The van der Waals surface area contributed by atoms with Crippen LogP contribution in [0.5, 0.6) is 0 Å². The normalized spacial score (nSPS) is 10.7. The van der Waals surface area contributed by atoms with Crippen molar-refractivity contribution in [3.8, 4) is 6.19 Å². The number of hydrogen-bond donors (Lipinski definition) is 3. The fourth-order valence-corrected chi connectivity index (χ4v) is 0.437. The van der Waals surface area contributed by atoms with Gasteiger partial charge in [0.2, 0.25) is 0 Å².